The molecule has 2 aromatic rings. The summed E-state index contributed by atoms with van der Waals surface area (Å²) in [5.74, 6) is -1.63. The van der Waals surface area contributed by atoms with Crippen LogP contribution in [0.4, 0.5) is 8.78 Å². The molecule has 2 rings (SSSR count). The lowest BCUT2D eigenvalue weighted by Crippen LogP contribution is -2.19. The summed E-state index contributed by atoms with van der Waals surface area (Å²) in [7, 11) is 1.91. The Kier molecular flexibility index (Phi) is 4.18. The van der Waals surface area contributed by atoms with Gasteiger partial charge in [-0.2, -0.15) is 5.10 Å². The van der Waals surface area contributed by atoms with E-state index in [9.17, 15) is 8.78 Å². The Morgan fingerprint density at radius 2 is 1.95 bits per heavy atom. The van der Waals surface area contributed by atoms with Gasteiger partial charge in [0.05, 0.1) is 5.69 Å². The second-order valence-electron chi connectivity index (χ2n) is 5.06. The number of hydrogen-bond donors (Lipinski definition) is 1. The molecule has 1 atom stereocenters. The van der Waals surface area contributed by atoms with Gasteiger partial charge in [-0.05, 0) is 38.5 Å². The SMILES string of the molecule is Cc1nn(C)c(C)c1C(C)NCc1ccc(F)c(F)c1. The van der Waals surface area contributed by atoms with Crippen molar-refractivity contribution in [1.29, 1.82) is 0 Å². The molecule has 0 aliphatic rings. The van der Waals surface area contributed by atoms with Crippen LogP contribution in [-0.2, 0) is 13.6 Å². The average molecular weight is 279 g/mol. The molecule has 1 aromatic heterocycles. The van der Waals surface area contributed by atoms with Crippen LogP contribution in [0.5, 0.6) is 0 Å². The molecule has 5 heteroatoms. The molecule has 1 N–H and O–H groups in total. The third-order valence-corrected chi connectivity index (χ3v) is 3.59. The van der Waals surface area contributed by atoms with E-state index in [1.807, 2.05) is 32.5 Å². The van der Waals surface area contributed by atoms with Crippen LogP contribution in [0.1, 0.15) is 35.5 Å². The van der Waals surface area contributed by atoms with Crippen LogP contribution < -0.4 is 5.32 Å². The first-order valence-corrected chi connectivity index (χ1v) is 6.57. The summed E-state index contributed by atoms with van der Waals surface area (Å²) in [6, 6.07) is 4.05. The lowest BCUT2D eigenvalue weighted by atomic mass is 10.1. The molecule has 0 amide bonds. The molecule has 0 saturated carbocycles. The molecule has 3 nitrogen and oxygen atoms in total. The van der Waals surface area contributed by atoms with Crippen molar-refractivity contribution in [1.82, 2.24) is 15.1 Å². The van der Waals surface area contributed by atoms with Gasteiger partial charge in [0, 0.05) is 30.9 Å². The maximum atomic E-state index is 13.1. The van der Waals surface area contributed by atoms with Crippen LogP contribution in [0.3, 0.4) is 0 Å². The maximum Gasteiger partial charge on any atom is 0.159 e. The fourth-order valence-electron chi connectivity index (χ4n) is 2.44. The van der Waals surface area contributed by atoms with Gasteiger partial charge >= 0.3 is 0 Å². The zero-order valence-electron chi connectivity index (χ0n) is 12.2. The molecule has 1 unspecified atom stereocenters. The first-order chi connectivity index (χ1) is 9.40. The molecule has 0 bridgehead atoms. The second-order valence-corrected chi connectivity index (χ2v) is 5.06. The summed E-state index contributed by atoms with van der Waals surface area (Å²) in [6.07, 6.45) is 0. The van der Waals surface area contributed by atoms with Gasteiger partial charge in [0.25, 0.3) is 0 Å². The largest absolute Gasteiger partial charge is 0.306 e. The van der Waals surface area contributed by atoms with E-state index in [-0.39, 0.29) is 6.04 Å². The third-order valence-electron chi connectivity index (χ3n) is 3.59. The van der Waals surface area contributed by atoms with E-state index < -0.39 is 11.6 Å². The smallest absolute Gasteiger partial charge is 0.159 e. The predicted octanol–water partition coefficient (Wildman–Crippen LogP) is 3.17. The van der Waals surface area contributed by atoms with Gasteiger partial charge in [0.2, 0.25) is 0 Å². The summed E-state index contributed by atoms with van der Waals surface area (Å²) < 4.78 is 27.9. The topological polar surface area (TPSA) is 29.9 Å². The molecule has 0 aliphatic carbocycles. The summed E-state index contributed by atoms with van der Waals surface area (Å²) in [6.45, 7) is 6.51. The van der Waals surface area contributed by atoms with Crippen LogP contribution in [0.15, 0.2) is 18.2 Å². The monoisotopic (exact) mass is 279 g/mol. The minimum atomic E-state index is -0.819. The quantitative estimate of drug-likeness (QED) is 0.931. The van der Waals surface area contributed by atoms with Crippen LogP contribution in [0.2, 0.25) is 0 Å². The zero-order valence-corrected chi connectivity index (χ0v) is 12.2. The predicted molar refractivity (Wildman–Crippen MR) is 74.3 cm³/mol. The van der Waals surface area contributed by atoms with Crippen LogP contribution in [0, 0.1) is 25.5 Å². The van der Waals surface area contributed by atoms with Crippen LogP contribution >= 0.6 is 0 Å². The summed E-state index contributed by atoms with van der Waals surface area (Å²) in [4.78, 5) is 0. The number of benzene rings is 1. The van der Waals surface area contributed by atoms with Gasteiger partial charge in [-0.3, -0.25) is 4.68 Å². The Bertz CT molecular complexity index is 620. The highest BCUT2D eigenvalue weighted by Gasteiger charge is 2.15. The van der Waals surface area contributed by atoms with E-state index in [0.29, 0.717) is 6.54 Å². The van der Waals surface area contributed by atoms with Crippen molar-refractivity contribution in [3.8, 4) is 0 Å². The molecular formula is C15H19F2N3. The normalized spacial score (nSPS) is 12.7. The first-order valence-electron chi connectivity index (χ1n) is 6.57. The van der Waals surface area contributed by atoms with Gasteiger partial charge in [-0.1, -0.05) is 6.07 Å². The van der Waals surface area contributed by atoms with Crippen molar-refractivity contribution < 1.29 is 8.78 Å². The zero-order chi connectivity index (χ0) is 14.9. The van der Waals surface area contributed by atoms with Crippen molar-refractivity contribution in [2.45, 2.75) is 33.4 Å². The van der Waals surface area contributed by atoms with Gasteiger partial charge in [0.1, 0.15) is 0 Å². The molecule has 1 aromatic carbocycles. The van der Waals surface area contributed by atoms with E-state index >= 15 is 0 Å². The summed E-state index contributed by atoms with van der Waals surface area (Å²) >= 11 is 0. The summed E-state index contributed by atoms with van der Waals surface area (Å²) in [5, 5.41) is 7.69. The Labute approximate surface area is 117 Å². The Morgan fingerprint density at radius 3 is 2.50 bits per heavy atom. The molecule has 0 fully saturated rings. The van der Waals surface area contributed by atoms with E-state index in [0.717, 1.165) is 28.6 Å². The van der Waals surface area contributed by atoms with Crippen LogP contribution in [-0.4, -0.2) is 9.78 Å². The van der Waals surface area contributed by atoms with E-state index in [1.54, 1.807) is 6.07 Å². The van der Waals surface area contributed by atoms with Gasteiger partial charge in [-0.25, -0.2) is 8.78 Å². The van der Waals surface area contributed by atoms with E-state index in [1.165, 1.54) is 6.07 Å². The number of rotatable bonds is 4. The highest BCUT2D eigenvalue weighted by atomic mass is 19.2. The fraction of sp³-hybridized carbons (Fsp3) is 0.400. The second kappa shape index (κ2) is 5.71. The average Bonchev–Trinajstić information content (AvgIpc) is 2.64. The molecule has 1 heterocycles. The van der Waals surface area contributed by atoms with E-state index in [4.69, 9.17) is 0 Å². The van der Waals surface area contributed by atoms with Crippen molar-refractivity contribution in [3.63, 3.8) is 0 Å². The molecule has 20 heavy (non-hydrogen) atoms. The van der Waals surface area contributed by atoms with Gasteiger partial charge < -0.3 is 5.32 Å². The molecule has 0 saturated heterocycles. The molecule has 0 spiro atoms. The molecular weight excluding hydrogens is 260 g/mol. The van der Waals surface area contributed by atoms with Crippen molar-refractivity contribution in [2.75, 3.05) is 0 Å². The number of nitrogens with one attached hydrogen (secondary N) is 1. The van der Waals surface area contributed by atoms with Gasteiger partial charge in [0.15, 0.2) is 11.6 Å². The highest BCUT2D eigenvalue weighted by Crippen LogP contribution is 2.21. The van der Waals surface area contributed by atoms with Crippen molar-refractivity contribution in [3.05, 3.63) is 52.3 Å². The number of halogens is 2. The lowest BCUT2D eigenvalue weighted by Gasteiger charge is -2.15. The maximum absolute atomic E-state index is 13.1. The number of nitrogens with zero attached hydrogens (tertiary/aromatic N) is 2. The Balaban J connectivity index is 2.08. The van der Waals surface area contributed by atoms with Crippen molar-refractivity contribution in [2.24, 2.45) is 7.05 Å². The molecule has 108 valence electrons. The summed E-state index contributed by atoms with van der Waals surface area (Å²) in [5.41, 5.74) is 3.95. The van der Waals surface area contributed by atoms with Gasteiger partial charge in [-0.15, -0.1) is 0 Å². The minimum Gasteiger partial charge on any atom is -0.306 e. The van der Waals surface area contributed by atoms with E-state index in [2.05, 4.69) is 10.4 Å². The van der Waals surface area contributed by atoms with Crippen molar-refractivity contribution >= 4 is 0 Å². The lowest BCUT2D eigenvalue weighted by molar-refractivity contribution is 0.503. The first kappa shape index (κ1) is 14.7. The number of hydrogen-bond acceptors (Lipinski definition) is 2. The fourth-order valence-corrected chi connectivity index (χ4v) is 2.44. The highest BCUT2D eigenvalue weighted by molar-refractivity contribution is 5.28. The number of aryl methyl sites for hydroxylation is 2. The Morgan fingerprint density at radius 1 is 1.25 bits per heavy atom. The standard InChI is InChI=1S/C15H19F2N3/c1-9(15-10(2)19-20(4)11(15)3)18-8-12-5-6-13(16)14(17)7-12/h5-7,9,18H,8H2,1-4H3. The Hall–Kier alpha value is -1.75. The third kappa shape index (κ3) is 2.88. The molecule has 0 radical (unpaired) electrons. The molecule has 0 aliphatic heterocycles. The number of aromatic nitrogens is 2. The minimum absolute atomic E-state index is 0.0943. The van der Waals surface area contributed by atoms with Crippen LogP contribution in [0.25, 0.3) is 0 Å².